The molecule has 2 rings (SSSR count). The molecule has 0 fully saturated rings. The zero-order valence-corrected chi connectivity index (χ0v) is 10.3. The number of nitro groups is 1. The molecule has 0 radical (unpaired) electrons. The maximum absolute atomic E-state index is 11.7. The molecule has 1 aromatic heterocycles. The van der Waals surface area contributed by atoms with Crippen LogP contribution in [0.25, 0.3) is 11.1 Å². The van der Waals surface area contributed by atoms with Crippen LogP contribution in [0.3, 0.4) is 0 Å². The molecule has 0 saturated heterocycles. The Labute approximate surface area is 111 Å². The molecule has 0 atom stereocenters. The van der Waals surface area contributed by atoms with Crippen molar-refractivity contribution < 1.29 is 4.92 Å². The van der Waals surface area contributed by atoms with E-state index in [2.05, 4.69) is 4.98 Å². The van der Waals surface area contributed by atoms with Crippen molar-refractivity contribution in [3.8, 4) is 11.1 Å². The number of nitrogens with zero attached hydrogens (tertiary/aromatic N) is 1. The van der Waals surface area contributed by atoms with Gasteiger partial charge in [0.05, 0.1) is 16.7 Å². The van der Waals surface area contributed by atoms with Gasteiger partial charge in [0.1, 0.15) is 0 Å². The predicted molar refractivity (Wildman–Crippen MR) is 69.2 cm³/mol. The van der Waals surface area contributed by atoms with E-state index < -0.39 is 10.5 Å². The van der Waals surface area contributed by atoms with Gasteiger partial charge >= 0.3 is 0 Å². The van der Waals surface area contributed by atoms with Gasteiger partial charge in [-0.05, 0) is 18.2 Å². The molecule has 0 aliphatic carbocycles. The molecule has 18 heavy (non-hydrogen) atoms. The van der Waals surface area contributed by atoms with Gasteiger partial charge in [-0.15, -0.1) is 0 Å². The highest BCUT2D eigenvalue weighted by molar-refractivity contribution is 6.35. The third kappa shape index (κ3) is 2.37. The van der Waals surface area contributed by atoms with E-state index in [-0.39, 0.29) is 11.3 Å². The molecule has 1 aromatic carbocycles. The smallest absolute Gasteiger partial charge is 0.286 e. The summed E-state index contributed by atoms with van der Waals surface area (Å²) in [5, 5.41) is 11.4. The van der Waals surface area contributed by atoms with Gasteiger partial charge in [0.15, 0.2) is 0 Å². The van der Waals surface area contributed by atoms with E-state index in [1.807, 2.05) is 0 Å². The third-order valence-electron chi connectivity index (χ3n) is 2.32. The summed E-state index contributed by atoms with van der Waals surface area (Å²) in [5.74, 6) is 0. The maximum atomic E-state index is 11.7. The summed E-state index contributed by atoms with van der Waals surface area (Å²) < 4.78 is 0. The van der Waals surface area contributed by atoms with Crippen LogP contribution in [-0.4, -0.2) is 9.91 Å². The molecular formula is C11H6Cl2N2O3. The van der Waals surface area contributed by atoms with Crippen molar-refractivity contribution in [2.24, 2.45) is 0 Å². The number of rotatable bonds is 2. The second-order valence-electron chi connectivity index (χ2n) is 3.48. The maximum Gasteiger partial charge on any atom is 0.286 e. The molecule has 5 nitrogen and oxygen atoms in total. The average Bonchev–Trinajstić information content (AvgIpc) is 2.33. The van der Waals surface area contributed by atoms with Crippen LogP contribution in [0.2, 0.25) is 10.0 Å². The lowest BCUT2D eigenvalue weighted by Crippen LogP contribution is -2.09. The summed E-state index contributed by atoms with van der Waals surface area (Å²) in [6.07, 6.45) is 1.03. The summed E-state index contributed by atoms with van der Waals surface area (Å²) in [6, 6.07) is 5.74. The number of hydrogen-bond donors (Lipinski definition) is 1. The monoisotopic (exact) mass is 284 g/mol. The largest absolute Gasteiger partial charge is 0.322 e. The number of aromatic nitrogens is 1. The average molecular weight is 285 g/mol. The van der Waals surface area contributed by atoms with Gasteiger partial charge in [0, 0.05) is 21.7 Å². The zero-order valence-electron chi connectivity index (χ0n) is 8.81. The molecule has 0 unspecified atom stereocenters. The van der Waals surface area contributed by atoms with Crippen LogP contribution >= 0.6 is 23.2 Å². The van der Waals surface area contributed by atoms with E-state index in [1.165, 1.54) is 12.1 Å². The van der Waals surface area contributed by atoms with E-state index in [0.717, 1.165) is 12.3 Å². The van der Waals surface area contributed by atoms with E-state index in [0.29, 0.717) is 15.6 Å². The van der Waals surface area contributed by atoms with Gasteiger partial charge in [-0.1, -0.05) is 23.2 Å². The first-order valence-corrected chi connectivity index (χ1v) is 5.57. The Bertz CT molecular complexity index is 682. The minimum absolute atomic E-state index is 0.108. The van der Waals surface area contributed by atoms with Crippen LogP contribution in [0.15, 0.2) is 35.3 Å². The Hall–Kier alpha value is -1.85. The van der Waals surface area contributed by atoms with Crippen LogP contribution in [0.4, 0.5) is 5.69 Å². The number of benzene rings is 1. The van der Waals surface area contributed by atoms with Gasteiger partial charge in [-0.2, -0.15) is 0 Å². The van der Waals surface area contributed by atoms with Crippen LogP contribution in [0.1, 0.15) is 0 Å². The molecule has 1 N–H and O–H groups in total. The van der Waals surface area contributed by atoms with Crippen LogP contribution in [0.5, 0.6) is 0 Å². The number of nitrogens with one attached hydrogen (secondary N) is 1. The number of H-pyrrole nitrogens is 1. The van der Waals surface area contributed by atoms with E-state index in [9.17, 15) is 14.9 Å². The SMILES string of the molecule is O=c1[nH]cc([N+](=O)[O-])cc1-c1cc(Cl)ccc1Cl. The van der Waals surface area contributed by atoms with Gasteiger partial charge < -0.3 is 4.98 Å². The second kappa shape index (κ2) is 4.80. The first kappa shape index (κ1) is 12.6. The molecule has 0 aliphatic rings. The Morgan fingerprint density at radius 2 is 1.89 bits per heavy atom. The highest BCUT2D eigenvalue weighted by atomic mass is 35.5. The predicted octanol–water partition coefficient (Wildman–Crippen LogP) is 3.26. The standard InChI is InChI=1S/C11H6Cl2N2O3/c12-6-1-2-10(13)8(3-6)9-4-7(15(17)18)5-14-11(9)16/h1-5H,(H,14,16). The number of aromatic amines is 1. The molecule has 2 aromatic rings. The van der Waals surface area contributed by atoms with Crippen molar-refractivity contribution in [3.63, 3.8) is 0 Å². The molecular weight excluding hydrogens is 279 g/mol. The molecule has 0 saturated carbocycles. The second-order valence-corrected chi connectivity index (χ2v) is 4.33. The highest BCUT2D eigenvalue weighted by Crippen LogP contribution is 2.29. The van der Waals surface area contributed by atoms with Crippen LogP contribution < -0.4 is 5.56 Å². The van der Waals surface area contributed by atoms with E-state index in [1.54, 1.807) is 6.07 Å². The fraction of sp³-hybridized carbons (Fsp3) is 0. The summed E-state index contributed by atoms with van der Waals surface area (Å²) in [5.41, 5.74) is -0.226. The minimum Gasteiger partial charge on any atom is -0.322 e. The number of hydrogen-bond acceptors (Lipinski definition) is 3. The first-order valence-electron chi connectivity index (χ1n) is 4.81. The quantitative estimate of drug-likeness (QED) is 0.679. The lowest BCUT2D eigenvalue weighted by atomic mass is 10.1. The molecule has 0 spiro atoms. The fourth-order valence-electron chi connectivity index (χ4n) is 1.48. The lowest BCUT2D eigenvalue weighted by molar-refractivity contribution is -0.385. The van der Waals surface area contributed by atoms with Gasteiger partial charge in [0.2, 0.25) is 0 Å². The summed E-state index contributed by atoms with van der Waals surface area (Å²) in [6.45, 7) is 0. The Kier molecular flexibility index (Phi) is 3.36. The zero-order chi connectivity index (χ0) is 13.3. The third-order valence-corrected chi connectivity index (χ3v) is 2.88. The lowest BCUT2D eigenvalue weighted by Gasteiger charge is -2.04. The Balaban J connectivity index is 2.70. The van der Waals surface area contributed by atoms with Crippen molar-refractivity contribution in [3.05, 3.63) is 61.0 Å². The summed E-state index contributed by atoms with van der Waals surface area (Å²) >= 11 is 11.8. The number of pyridine rings is 1. The van der Waals surface area contributed by atoms with Crippen LogP contribution in [-0.2, 0) is 0 Å². The minimum atomic E-state index is -0.599. The number of halogens is 2. The topological polar surface area (TPSA) is 76.0 Å². The highest BCUT2D eigenvalue weighted by Gasteiger charge is 2.14. The van der Waals surface area contributed by atoms with Gasteiger partial charge in [0.25, 0.3) is 11.2 Å². The molecule has 7 heteroatoms. The van der Waals surface area contributed by atoms with Crippen molar-refractivity contribution in [2.45, 2.75) is 0 Å². The van der Waals surface area contributed by atoms with E-state index in [4.69, 9.17) is 23.2 Å². The molecule has 0 aliphatic heterocycles. The van der Waals surface area contributed by atoms with Crippen molar-refractivity contribution in [1.82, 2.24) is 4.98 Å². The van der Waals surface area contributed by atoms with Crippen molar-refractivity contribution >= 4 is 28.9 Å². The summed E-state index contributed by atoms with van der Waals surface area (Å²) in [7, 11) is 0. The fourth-order valence-corrected chi connectivity index (χ4v) is 1.87. The van der Waals surface area contributed by atoms with Crippen LogP contribution in [0, 0.1) is 10.1 Å². The summed E-state index contributed by atoms with van der Waals surface area (Å²) in [4.78, 5) is 24.0. The van der Waals surface area contributed by atoms with E-state index >= 15 is 0 Å². The molecule has 0 amide bonds. The van der Waals surface area contributed by atoms with Gasteiger partial charge in [-0.25, -0.2) is 0 Å². The van der Waals surface area contributed by atoms with Crippen molar-refractivity contribution in [1.29, 1.82) is 0 Å². The van der Waals surface area contributed by atoms with Gasteiger partial charge in [-0.3, -0.25) is 14.9 Å². The molecule has 1 heterocycles. The Morgan fingerprint density at radius 1 is 1.17 bits per heavy atom. The normalized spacial score (nSPS) is 10.3. The first-order chi connectivity index (χ1) is 8.49. The van der Waals surface area contributed by atoms with Crippen molar-refractivity contribution in [2.75, 3.05) is 0 Å². The molecule has 92 valence electrons. The Morgan fingerprint density at radius 3 is 2.56 bits per heavy atom. The molecule has 0 bridgehead atoms.